The van der Waals surface area contributed by atoms with E-state index in [2.05, 4.69) is 16.4 Å². The summed E-state index contributed by atoms with van der Waals surface area (Å²) in [6, 6.07) is 13.1. The van der Waals surface area contributed by atoms with Gasteiger partial charge >= 0.3 is 5.97 Å². The molecule has 0 spiro atoms. The van der Waals surface area contributed by atoms with Crippen molar-refractivity contribution in [1.29, 1.82) is 0 Å². The molecule has 0 radical (unpaired) electrons. The van der Waals surface area contributed by atoms with Gasteiger partial charge < -0.3 is 15.8 Å². The molecular weight excluding hydrogens is 374 g/mol. The fraction of sp³-hybridized carbons (Fsp3) is 0.286. The fourth-order valence-electron chi connectivity index (χ4n) is 3.54. The zero-order valence-corrected chi connectivity index (χ0v) is 16.3. The number of thiazole rings is 1. The van der Waals surface area contributed by atoms with Crippen LogP contribution in [-0.2, 0) is 16.0 Å². The average molecular weight is 395 g/mol. The van der Waals surface area contributed by atoms with Crippen LogP contribution in [0.5, 0.6) is 0 Å². The van der Waals surface area contributed by atoms with E-state index >= 15 is 0 Å². The Hall–Kier alpha value is -2.93. The summed E-state index contributed by atoms with van der Waals surface area (Å²) in [5, 5.41) is 3.47. The van der Waals surface area contributed by atoms with Gasteiger partial charge in [0.05, 0.1) is 21.8 Å². The Morgan fingerprint density at radius 2 is 2.11 bits per heavy atom. The molecule has 2 atom stereocenters. The Morgan fingerprint density at radius 1 is 1.29 bits per heavy atom. The minimum Gasteiger partial charge on any atom is -0.449 e. The van der Waals surface area contributed by atoms with E-state index in [9.17, 15) is 9.59 Å². The van der Waals surface area contributed by atoms with E-state index in [4.69, 9.17) is 10.5 Å². The smallest absolute Gasteiger partial charge is 0.338 e. The van der Waals surface area contributed by atoms with Gasteiger partial charge in [-0.25, -0.2) is 9.78 Å². The maximum Gasteiger partial charge on any atom is 0.338 e. The van der Waals surface area contributed by atoms with Gasteiger partial charge in [0.1, 0.15) is 0 Å². The van der Waals surface area contributed by atoms with Gasteiger partial charge in [-0.1, -0.05) is 35.6 Å². The lowest BCUT2D eigenvalue weighted by molar-refractivity contribution is -0.130. The third-order valence-corrected chi connectivity index (χ3v) is 5.83. The molecule has 0 bridgehead atoms. The molecule has 28 heavy (non-hydrogen) atoms. The van der Waals surface area contributed by atoms with Crippen molar-refractivity contribution < 1.29 is 14.3 Å². The molecular formula is C21H21N3O3S. The van der Waals surface area contributed by atoms with E-state index in [-0.39, 0.29) is 11.9 Å². The van der Waals surface area contributed by atoms with Crippen LogP contribution in [0.15, 0.2) is 42.5 Å². The predicted octanol–water partition coefficient (Wildman–Crippen LogP) is 3.62. The Bertz CT molecular complexity index is 1050. The van der Waals surface area contributed by atoms with Crippen molar-refractivity contribution in [1.82, 2.24) is 10.3 Å². The third kappa shape index (κ3) is 3.71. The first-order valence-electron chi connectivity index (χ1n) is 9.26. The second kappa shape index (κ2) is 7.59. The Morgan fingerprint density at radius 3 is 2.96 bits per heavy atom. The quantitative estimate of drug-likeness (QED) is 0.658. The summed E-state index contributed by atoms with van der Waals surface area (Å²) in [5.41, 5.74) is 9.22. The standard InChI is InChI=1S/C21H21N3O3S/c1-12(19(25)23-16-8-4-6-13-5-2-3-7-15(13)16)27-20(26)14-9-10-17-18(11-14)28-21(22)24-17/h2-3,5,7,9-12,16H,4,6,8H2,1H3,(H2,22,24)(H,23,25)/t12-,16+/m0/s1. The van der Waals surface area contributed by atoms with Crippen LogP contribution < -0.4 is 11.1 Å². The van der Waals surface area contributed by atoms with Crippen molar-refractivity contribution in [3.63, 3.8) is 0 Å². The molecule has 2 aromatic carbocycles. The van der Waals surface area contributed by atoms with E-state index in [0.717, 1.165) is 35.0 Å². The highest BCUT2D eigenvalue weighted by atomic mass is 32.1. The summed E-state index contributed by atoms with van der Waals surface area (Å²) in [4.78, 5) is 29.2. The predicted molar refractivity (Wildman–Crippen MR) is 109 cm³/mol. The number of hydrogen-bond donors (Lipinski definition) is 2. The number of ether oxygens (including phenoxy) is 1. The van der Waals surface area contributed by atoms with E-state index in [1.165, 1.54) is 16.9 Å². The molecule has 0 aliphatic heterocycles. The highest BCUT2D eigenvalue weighted by Gasteiger charge is 2.25. The van der Waals surface area contributed by atoms with Gasteiger partial charge in [0.15, 0.2) is 11.2 Å². The molecule has 0 unspecified atom stereocenters. The lowest BCUT2D eigenvalue weighted by Gasteiger charge is -2.27. The molecule has 144 valence electrons. The van der Waals surface area contributed by atoms with Crippen LogP contribution in [0.2, 0.25) is 0 Å². The first kappa shape index (κ1) is 18.4. The molecule has 1 amide bonds. The number of rotatable bonds is 4. The molecule has 1 aromatic heterocycles. The number of anilines is 1. The molecule has 1 aliphatic carbocycles. The van der Waals surface area contributed by atoms with Crippen molar-refractivity contribution in [2.75, 3.05) is 5.73 Å². The summed E-state index contributed by atoms with van der Waals surface area (Å²) in [6.45, 7) is 1.59. The molecule has 4 rings (SSSR count). The maximum atomic E-state index is 12.6. The van der Waals surface area contributed by atoms with Gasteiger partial charge in [-0.2, -0.15) is 0 Å². The second-order valence-corrected chi connectivity index (χ2v) is 8.00. The average Bonchev–Trinajstić information content (AvgIpc) is 3.07. The summed E-state index contributed by atoms with van der Waals surface area (Å²) in [7, 11) is 0. The fourth-order valence-corrected chi connectivity index (χ4v) is 4.32. The summed E-state index contributed by atoms with van der Waals surface area (Å²) < 4.78 is 6.19. The normalized spacial score (nSPS) is 17.0. The number of aryl methyl sites for hydroxylation is 1. The van der Waals surface area contributed by atoms with Gasteiger partial charge in [0, 0.05) is 0 Å². The minimum absolute atomic E-state index is 0.0462. The number of esters is 1. The highest BCUT2D eigenvalue weighted by Crippen LogP contribution is 2.29. The zero-order chi connectivity index (χ0) is 19.7. The van der Waals surface area contributed by atoms with Gasteiger partial charge in [-0.3, -0.25) is 4.79 Å². The molecule has 0 fully saturated rings. The summed E-state index contributed by atoms with van der Waals surface area (Å²) >= 11 is 1.31. The van der Waals surface area contributed by atoms with Gasteiger partial charge in [0.2, 0.25) is 0 Å². The summed E-state index contributed by atoms with van der Waals surface area (Å²) in [6.07, 6.45) is 2.04. The van der Waals surface area contributed by atoms with Crippen molar-refractivity contribution in [3.8, 4) is 0 Å². The number of benzene rings is 2. The SMILES string of the molecule is C[C@H](OC(=O)c1ccc2nc(N)sc2c1)C(=O)N[C@@H]1CCCc2ccccc21. The van der Waals surface area contributed by atoms with E-state index in [1.54, 1.807) is 25.1 Å². The van der Waals surface area contributed by atoms with Crippen LogP contribution in [0.1, 0.15) is 47.3 Å². The van der Waals surface area contributed by atoms with Crippen LogP contribution in [0.25, 0.3) is 10.2 Å². The second-order valence-electron chi connectivity index (χ2n) is 6.93. The third-order valence-electron chi connectivity index (χ3n) is 4.98. The Kier molecular flexibility index (Phi) is 5.00. The number of nitrogens with zero attached hydrogens (tertiary/aromatic N) is 1. The lowest BCUT2D eigenvalue weighted by Crippen LogP contribution is -2.39. The van der Waals surface area contributed by atoms with Crippen LogP contribution >= 0.6 is 11.3 Å². The number of aromatic nitrogens is 1. The highest BCUT2D eigenvalue weighted by molar-refractivity contribution is 7.22. The molecule has 1 aliphatic rings. The number of fused-ring (bicyclic) bond motifs is 2. The van der Waals surface area contributed by atoms with Crippen LogP contribution in [-0.4, -0.2) is 23.0 Å². The number of carbonyl (C=O) groups is 2. The van der Waals surface area contributed by atoms with E-state index in [0.29, 0.717) is 10.7 Å². The maximum absolute atomic E-state index is 12.6. The first-order valence-corrected chi connectivity index (χ1v) is 10.1. The first-order chi connectivity index (χ1) is 13.5. The van der Waals surface area contributed by atoms with Crippen molar-refractivity contribution >= 4 is 38.6 Å². The van der Waals surface area contributed by atoms with Crippen LogP contribution in [0.3, 0.4) is 0 Å². The number of nitrogen functional groups attached to an aromatic ring is 1. The lowest BCUT2D eigenvalue weighted by atomic mass is 9.87. The van der Waals surface area contributed by atoms with Crippen molar-refractivity contribution in [2.45, 2.75) is 38.3 Å². The number of nitrogens with two attached hydrogens (primary N) is 1. The number of amides is 1. The zero-order valence-electron chi connectivity index (χ0n) is 15.5. The van der Waals surface area contributed by atoms with Crippen molar-refractivity contribution in [2.24, 2.45) is 0 Å². The number of nitrogens with one attached hydrogen (secondary N) is 1. The van der Waals surface area contributed by atoms with E-state index < -0.39 is 12.1 Å². The molecule has 0 saturated carbocycles. The largest absolute Gasteiger partial charge is 0.449 e. The molecule has 7 heteroatoms. The minimum atomic E-state index is -0.885. The van der Waals surface area contributed by atoms with Gasteiger partial charge in [-0.05, 0) is 55.5 Å². The van der Waals surface area contributed by atoms with E-state index in [1.807, 2.05) is 18.2 Å². The Balaban J connectivity index is 1.42. The Labute approximate surface area is 166 Å². The topological polar surface area (TPSA) is 94.3 Å². The molecule has 6 nitrogen and oxygen atoms in total. The van der Waals surface area contributed by atoms with Gasteiger partial charge in [-0.15, -0.1) is 0 Å². The van der Waals surface area contributed by atoms with Crippen molar-refractivity contribution in [3.05, 3.63) is 59.2 Å². The number of hydrogen-bond acceptors (Lipinski definition) is 6. The van der Waals surface area contributed by atoms with Crippen LogP contribution in [0.4, 0.5) is 5.13 Å². The monoisotopic (exact) mass is 395 g/mol. The molecule has 3 N–H and O–H groups in total. The molecule has 1 heterocycles. The van der Waals surface area contributed by atoms with Crippen LogP contribution in [0, 0.1) is 0 Å². The van der Waals surface area contributed by atoms with Gasteiger partial charge in [0.25, 0.3) is 5.91 Å². The summed E-state index contributed by atoms with van der Waals surface area (Å²) in [5.74, 6) is -0.835. The molecule has 3 aromatic rings. The number of carbonyl (C=O) groups excluding carboxylic acids is 2. The molecule has 0 saturated heterocycles.